The number of rotatable bonds is 4. The van der Waals surface area contributed by atoms with E-state index in [1.807, 2.05) is 30.3 Å². The van der Waals surface area contributed by atoms with Crippen LogP contribution in [0, 0.1) is 0 Å². The third kappa shape index (κ3) is 4.10. The lowest BCUT2D eigenvalue weighted by atomic mass is 9.94. The van der Waals surface area contributed by atoms with Crippen molar-refractivity contribution in [3.8, 4) is 0 Å². The molecule has 1 heterocycles. The van der Waals surface area contributed by atoms with Crippen LogP contribution in [0.3, 0.4) is 0 Å². The number of nitrogens with one attached hydrogen (secondary N) is 2. The van der Waals surface area contributed by atoms with Crippen LogP contribution in [-0.2, 0) is 11.2 Å². The lowest BCUT2D eigenvalue weighted by Crippen LogP contribution is -2.40. The van der Waals surface area contributed by atoms with Gasteiger partial charge in [0.15, 0.2) is 6.10 Å². The number of fused-ring (bicyclic) bond motifs is 1. The van der Waals surface area contributed by atoms with Crippen LogP contribution in [0.1, 0.15) is 28.8 Å². The van der Waals surface area contributed by atoms with E-state index in [0.29, 0.717) is 12.1 Å². The fraction of sp³-hybridized carbons (Fsp3) is 0.278. The Morgan fingerprint density at radius 3 is 2.65 bits per heavy atom. The lowest BCUT2D eigenvalue weighted by Gasteiger charge is -2.27. The van der Waals surface area contributed by atoms with Crippen molar-refractivity contribution in [1.29, 1.82) is 0 Å². The summed E-state index contributed by atoms with van der Waals surface area (Å²) in [6.45, 7) is 1.37. The Morgan fingerprint density at radius 1 is 1.17 bits per heavy atom. The maximum atomic E-state index is 12.1. The summed E-state index contributed by atoms with van der Waals surface area (Å²) in [5.41, 5.74) is 3.16. The molecular formula is C18H21ClN2O2. The largest absolute Gasteiger partial charge is 0.378 e. The summed E-state index contributed by atoms with van der Waals surface area (Å²) in [5, 5.41) is 16.3. The molecule has 23 heavy (non-hydrogen) atoms. The number of hydrogen-bond acceptors (Lipinski definition) is 3. The predicted octanol–water partition coefficient (Wildman–Crippen LogP) is 2.14. The minimum absolute atomic E-state index is 0. The van der Waals surface area contributed by atoms with Gasteiger partial charge in [-0.2, -0.15) is 0 Å². The third-order valence-corrected chi connectivity index (χ3v) is 4.06. The van der Waals surface area contributed by atoms with Gasteiger partial charge in [-0.25, -0.2) is 0 Å². The van der Waals surface area contributed by atoms with Gasteiger partial charge in [0.1, 0.15) is 0 Å². The molecule has 0 radical (unpaired) electrons. The number of hydrogen-bond donors (Lipinski definition) is 3. The highest BCUT2D eigenvalue weighted by Crippen LogP contribution is 2.22. The van der Waals surface area contributed by atoms with Gasteiger partial charge in [-0.3, -0.25) is 4.79 Å². The molecule has 0 aliphatic carbocycles. The van der Waals surface area contributed by atoms with Crippen LogP contribution in [0.2, 0.25) is 0 Å². The summed E-state index contributed by atoms with van der Waals surface area (Å²) in [6, 6.07) is 17.3. The lowest BCUT2D eigenvalue weighted by molar-refractivity contribution is -0.129. The van der Waals surface area contributed by atoms with E-state index in [2.05, 4.69) is 22.8 Å². The molecule has 4 nitrogen and oxygen atoms in total. The number of aliphatic hydroxyl groups is 1. The third-order valence-electron chi connectivity index (χ3n) is 4.06. The van der Waals surface area contributed by atoms with Crippen LogP contribution < -0.4 is 10.6 Å². The second kappa shape index (κ2) is 8.11. The summed E-state index contributed by atoms with van der Waals surface area (Å²) in [7, 11) is 0. The van der Waals surface area contributed by atoms with Crippen molar-refractivity contribution >= 4 is 18.3 Å². The smallest absolute Gasteiger partial charge is 0.253 e. The standard InChI is InChI=1S/C18H20N2O2.ClH/c21-17(14-7-2-1-3-8-14)18(22)20-12-16-15-9-5-4-6-13(15)10-11-19-16;/h1-9,16-17,19,21H,10-12H2,(H,20,22);1H. The van der Waals surface area contributed by atoms with Gasteiger partial charge in [0.2, 0.25) is 0 Å². The first kappa shape index (κ1) is 17.5. The van der Waals surface area contributed by atoms with E-state index >= 15 is 0 Å². The Bertz CT molecular complexity index is 648. The van der Waals surface area contributed by atoms with E-state index < -0.39 is 6.10 Å². The highest BCUT2D eigenvalue weighted by atomic mass is 35.5. The fourth-order valence-corrected chi connectivity index (χ4v) is 2.86. The molecule has 5 heteroatoms. The number of amides is 1. The van der Waals surface area contributed by atoms with Gasteiger partial charge in [-0.15, -0.1) is 12.4 Å². The first-order chi connectivity index (χ1) is 10.8. The molecule has 1 aliphatic heterocycles. The molecule has 0 bridgehead atoms. The zero-order valence-corrected chi connectivity index (χ0v) is 13.6. The first-order valence-electron chi connectivity index (χ1n) is 7.57. The van der Waals surface area contributed by atoms with Crippen molar-refractivity contribution in [2.24, 2.45) is 0 Å². The Kier molecular flexibility index (Phi) is 6.16. The second-order valence-corrected chi connectivity index (χ2v) is 5.51. The number of carbonyl (C=O) groups is 1. The average Bonchev–Trinajstić information content (AvgIpc) is 2.59. The Labute approximate surface area is 142 Å². The van der Waals surface area contributed by atoms with E-state index in [1.165, 1.54) is 11.1 Å². The maximum Gasteiger partial charge on any atom is 0.253 e. The van der Waals surface area contributed by atoms with Gasteiger partial charge < -0.3 is 15.7 Å². The summed E-state index contributed by atoms with van der Waals surface area (Å²) in [5.74, 6) is -0.365. The van der Waals surface area contributed by atoms with Crippen molar-refractivity contribution in [2.75, 3.05) is 13.1 Å². The molecule has 0 spiro atoms. The molecule has 2 aromatic rings. The average molecular weight is 333 g/mol. The molecule has 0 saturated heterocycles. The number of aliphatic hydroxyl groups excluding tert-OH is 1. The summed E-state index contributed by atoms with van der Waals surface area (Å²) < 4.78 is 0. The van der Waals surface area contributed by atoms with Gasteiger partial charge >= 0.3 is 0 Å². The van der Waals surface area contributed by atoms with E-state index in [1.54, 1.807) is 12.1 Å². The van der Waals surface area contributed by atoms with Gasteiger partial charge in [0.25, 0.3) is 5.91 Å². The molecule has 1 amide bonds. The second-order valence-electron chi connectivity index (χ2n) is 5.51. The van der Waals surface area contributed by atoms with E-state index in [0.717, 1.165) is 13.0 Å². The Hall–Kier alpha value is -1.88. The van der Waals surface area contributed by atoms with Crippen LogP contribution in [-0.4, -0.2) is 24.1 Å². The molecule has 2 atom stereocenters. The van der Waals surface area contributed by atoms with Crippen molar-refractivity contribution in [3.05, 3.63) is 71.3 Å². The normalized spacial score (nSPS) is 17.5. The van der Waals surface area contributed by atoms with Crippen LogP contribution in [0.25, 0.3) is 0 Å². The van der Waals surface area contributed by atoms with Crippen LogP contribution in [0.15, 0.2) is 54.6 Å². The maximum absolute atomic E-state index is 12.1. The zero-order valence-electron chi connectivity index (χ0n) is 12.7. The van der Waals surface area contributed by atoms with Crippen LogP contribution >= 0.6 is 12.4 Å². The SMILES string of the molecule is Cl.O=C(NCC1NCCc2ccccc21)C(O)c1ccccc1. The highest BCUT2D eigenvalue weighted by Gasteiger charge is 2.22. The topological polar surface area (TPSA) is 61.4 Å². The molecular weight excluding hydrogens is 312 g/mol. The molecule has 2 aromatic carbocycles. The molecule has 0 fully saturated rings. The van der Waals surface area contributed by atoms with E-state index in [9.17, 15) is 9.90 Å². The van der Waals surface area contributed by atoms with Gasteiger partial charge in [0, 0.05) is 12.6 Å². The van der Waals surface area contributed by atoms with Gasteiger partial charge in [0.05, 0.1) is 0 Å². The summed E-state index contributed by atoms with van der Waals surface area (Å²) in [4.78, 5) is 12.1. The van der Waals surface area contributed by atoms with E-state index in [4.69, 9.17) is 0 Å². The fourth-order valence-electron chi connectivity index (χ4n) is 2.86. The summed E-state index contributed by atoms with van der Waals surface area (Å²) in [6.07, 6.45) is -0.118. The number of benzene rings is 2. The first-order valence-corrected chi connectivity index (χ1v) is 7.57. The number of halogens is 1. The molecule has 122 valence electrons. The van der Waals surface area contributed by atoms with Crippen LogP contribution in [0.4, 0.5) is 0 Å². The zero-order chi connectivity index (χ0) is 15.4. The van der Waals surface area contributed by atoms with Crippen LogP contribution in [0.5, 0.6) is 0 Å². The Balaban J connectivity index is 0.00000192. The Morgan fingerprint density at radius 2 is 1.87 bits per heavy atom. The van der Waals surface area contributed by atoms with Crippen molar-refractivity contribution in [3.63, 3.8) is 0 Å². The van der Waals surface area contributed by atoms with Gasteiger partial charge in [-0.1, -0.05) is 54.6 Å². The van der Waals surface area contributed by atoms with E-state index in [-0.39, 0.29) is 24.4 Å². The molecule has 3 N–H and O–H groups in total. The van der Waals surface area contributed by atoms with Crippen molar-refractivity contribution in [1.82, 2.24) is 10.6 Å². The highest BCUT2D eigenvalue weighted by molar-refractivity contribution is 5.85. The monoisotopic (exact) mass is 332 g/mol. The minimum atomic E-state index is -1.12. The number of carbonyl (C=O) groups excluding carboxylic acids is 1. The molecule has 0 saturated carbocycles. The molecule has 2 unspecified atom stereocenters. The van der Waals surface area contributed by atoms with Gasteiger partial charge in [-0.05, 0) is 29.7 Å². The minimum Gasteiger partial charge on any atom is -0.378 e. The predicted molar refractivity (Wildman–Crippen MR) is 92.5 cm³/mol. The molecule has 0 aromatic heterocycles. The molecule has 1 aliphatic rings. The molecule has 3 rings (SSSR count). The van der Waals surface area contributed by atoms with Crippen molar-refractivity contribution in [2.45, 2.75) is 18.6 Å². The summed E-state index contributed by atoms with van der Waals surface area (Å²) >= 11 is 0. The quantitative estimate of drug-likeness (QED) is 0.804. The van der Waals surface area contributed by atoms with Crippen molar-refractivity contribution < 1.29 is 9.90 Å².